The summed E-state index contributed by atoms with van der Waals surface area (Å²) in [5.41, 5.74) is 0.119. The minimum absolute atomic E-state index is 0.119. The van der Waals surface area contributed by atoms with Gasteiger partial charge in [-0.1, -0.05) is 0 Å². The van der Waals surface area contributed by atoms with E-state index in [1.807, 2.05) is 0 Å². The van der Waals surface area contributed by atoms with Crippen LogP contribution in [0.1, 0.15) is 6.92 Å². The maximum atomic E-state index is 11.0. The van der Waals surface area contributed by atoms with Gasteiger partial charge < -0.3 is 9.84 Å². The molecule has 11 heavy (non-hydrogen) atoms. The van der Waals surface area contributed by atoms with Crippen molar-refractivity contribution in [1.29, 1.82) is 0 Å². The number of rotatable bonds is 0. The highest BCUT2D eigenvalue weighted by molar-refractivity contribution is 6.17. The molecule has 2 atom stereocenters. The van der Waals surface area contributed by atoms with E-state index in [4.69, 9.17) is 9.84 Å². The van der Waals surface area contributed by atoms with Gasteiger partial charge in [-0.15, -0.1) is 0 Å². The predicted molar refractivity (Wildman–Crippen MR) is 34.0 cm³/mol. The summed E-state index contributed by atoms with van der Waals surface area (Å²) >= 11 is 0. The first kappa shape index (κ1) is 6.54. The van der Waals surface area contributed by atoms with Crippen molar-refractivity contribution >= 4 is 11.6 Å². The molecule has 1 fully saturated rings. The Labute approximate surface area is 62.5 Å². The second-order valence-electron chi connectivity index (χ2n) is 2.68. The first-order valence-corrected chi connectivity index (χ1v) is 3.26. The van der Waals surface area contributed by atoms with Gasteiger partial charge in [0.05, 0.1) is 0 Å². The number of aliphatic hydroxyl groups excluding tert-OH is 1. The van der Waals surface area contributed by atoms with E-state index >= 15 is 0 Å². The zero-order valence-corrected chi connectivity index (χ0v) is 5.83. The van der Waals surface area contributed by atoms with Crippen molar-refractivity contribution in [1.82, 2.24) is 0 Å². The molecule has 0 unspecified atom stereocenters. The Balaban J connectivity index is 2.47. The van der Waals surface area contributed by atoms with Gasteiger partial charge in [-0.2, -0.15) is 0 Å². The fourth-order valence-electron chi connectivity index (χ4n) is 1.16. The number of hydrogen-bond acceptors (Lipinski definition) is 4. The molecule has 1 heterocycles. The minimum Gasteiger partial charge on any atom is -0.504 e. The Morgan fingerprint density at radius 1 is 1.27 bits per heavy atom. The van der Waals surface area contributed by atoms with Crippen molar-refractivity contribution in [2.24, 2.45) is 0 Å². The number of ketones is 2. The van der Waals surface area contributed by atoms with Gasteiger partial charge in [-0.3, -0.25) is 9.59 Å². The quantitative estimate of drug-likeness (QED) is 0.488. The average Bonchev–Trinajstić information content (AvgIpc) is 2.76. The van der Waals surface area contributed by atoms with Gasteiger partial charge in [0.2, 0.25) is 5.78 Å². The lowest BCUT2D eigenvalue weighted by atomic mass is 9.97. The van der Waals surface area contributed by atoms with Crippen molar-refractivity contribution < 1.29 is 19.4 Å². The summed E-state index contributed by atoms with van der Waals surface area (Å²) in [4.78, 5) is 22.0. The minimum atomic E-state index is -0.689. The lowest BCUT2D eigenvalue weighted by Gasteiger charge is -2.05. The third kappa shape index (κ3) is 0.670. The van der Waals surface area contributed by atoms with E-state index in [9.17, 15) is 9.59 Å². The van der Waals surface area contributed by atoms with E-state index in [0.717, 1.165) is 0 Å². The molecule has 0 radical (unpaired) electrons. The molecule has 0 bridgehead atoms. The second-order valence-corrected chi connectivity index (χ2v) is 2.68. The normalized spacial score (nSPS) is 35.7. The van der Waals surface area contributed by atoms with Gasteiger partial charge in [0.25, 0.3) is 0 Å². The van der Waals surface area contributed by atoms with Crippen LogP contribution in [0.5, 0.6) is 0 Å². The maximum absolute atomic E-state index is 11.0. The van der Waals surface area contributed by atoms with Crippen molar-refractivity contribution in [3.63, 3.8) is 0 Å². The number of fused-ring (bicyclic) bond motifs is 1. The summed E-state index contributed by atoms with van der Waals surface area (Å²) in [5.74, 6) is -1.17. The number of ether oxygens (including phenoxy) is 1. The molecule has 0 aromatic heterocycles. The lowest BCUT2D eigenvalue weighted by Crippen LogP contribution is -2.26. The van der Waals surface area contributed by atoms with Crippen LogP contribution in [0.25, 0.3) is 0 Å². The standard InChI is InChI=1S/C7H6O4/c1-2-3(8)5(10)7-6(11-7)4(2)9/h6-8H,1H3/t6-,7+/m1/s1. The molecule has 4 nitrogen and oxygen atoms in total. The molecule has 58 valence electrons. The van der Waals surface area contributed by atoms with Gasteiger partial charge in [0.15, 0.2) is 23.8 Å². The first-order valence-electron chi connectivity index (χ1n) is 3.26. The molecule has 0 aromatic carbocycles. The zero-order valence-electron chi connectivity index (χ0n) is 5.83. The molecule has 4 heteroatoms. The smallest absolute Gasteiger partial charge is 0.229 e. The Hall–Kier alpha value is -1.16. The number of epoxide rings is 1. The second kappa shape index (κ2) is 1.71. The van der Waals surface area contributed by atoms with Gasteiger partial charge in [0, 0.05) is 5.57 Å². The Kier molecular flexibility index (Phi) is 1.02. The molecule has 0 saturated carbocycles. The third-order valence-electron chi connectivity index (χ3n) is 1.97. The predicted octanol–water partition coefficient (Wildman–Crippen LogP) is -0.262. The number of Topliss-reactive ketones (excluding diaryl/α,β-unsaturated/α-hetero) is 2. The molecule has 0 spiro atoms. The van der Waals surface area contributed by atoms with Crippen molar-refractivity contribution in [3.05, 3.63) is 11.3 Å². The maximum Gasteiger partial charge on any atom is 0.229 e. The first-order chi connectivity index (χ1) is 5.13. The van der Waals surface area contributed by atoms with E-state index in [1.54, 1.807) is 0 Å². The van der Waals surface area contributed by atoms with E-state index in [-0.39, 0.29) is 11.4 Å². The molecule has 2 aliphatic rings. The fraction of sp³-hybridized carbons (Fsp3) is 0.429. The third-order valence-corrected chi connectivity index (χ3v) is 1.97. The number of hydrogen-bond donors (Lipinski definition) is 1. The van der Waals surface area contributed by atoms with Gasteiger partial charge in [-0.05, 0) is 6.92 Å². The van der Waals surface area contributed by atoms with Crippen molar-refractivity contribution in [2.45, 2.75) is 19.1 Å². The Morgan fingerprint density at radius 2 is 1.82 bits per heavy atom. The number of aliphatic hydroxyl groups is 1. The molecule has 1 aliphatic heterocycles. The van der Waals surface area contributed by atoms with Crippen LogP contribution in [0, 0.1) is 0 Å². The molecule has 1 saturated heterocycles. The molecule has 0 amide bonds. The van der Waals surface area contributed by atoms with Crippen LogP contribution in [-0.4, -0.2) is 28.9 Å². The van der Waals surface area contributed by atoms with Crippen LogP contribution < -0.4 is 0 Å². The number of carbonyl (C=O) groups excluding carboxylic acids is 2. The van der Waals surface area contributed by atoms with Gasteiger partial charge in [0.1, 0.15) is 0 Å². The molecule has 1 N–H and O–H groups in total. The average molecular weight is 154 g/mol. The highest BCUT2D eigenvalue weighted by Crippen LogP contribution is 2.33. The Bertz CT molecular complexity index is 261. The van der Waals surface area contributed by atoms with Crippen LogP contribution in [-0.2, 0) is 14.3 Å². The summed E-state index contributed by atoms with van der Waals surface area (Å²) in [6.45, 7) is 1.42. The van der Waals surface area contributed by atoms with Gasteiger partial charge in [-0.25, -0.2) is 0 Å². The van der Waals surface area contributed by atoms with Crippen LogP contribution in [0.3, 0.4) is 0 Å². The molecule has 2 rings (SSSR count). The molecule has 0 aromatic rings. The van der Waals surface area contributed by atoms with Crippen molar-refractivity contribution in [2.75, 3.05) is 0 Å². The SMILES string of the molecule is CC1=C(O)C(=O)[C@@H]2O[C@@H]2C1=O. The highest BCUT2D eigenvalue weighted by Gasteiger charge is 2.55. The topological polar surface area (TPSA) is 66.9 Å². The summed E-state index contributed by atoms with van der Waals surface area (Å²) in [7, 11) is 0. The highest BCUT2D eigenvalue weighted by atomic mass is 16.6. The lowest BCUT2D eigenvalue weighted by molar-refractivity contribution is -0.122. The van der Waals surface area contributed by atoms with E-state index < -0.39 is 23.8 Å². The summed E-state index contributed by atoms with van der Waals surface area (Å²) in [6, 6.07) is 0. The van der Waals surface area contributed by atoms with E-state index in [0.29, 0.717) is 0 Å². The summed E-state index contributed by atoms with van der Waals surface area (Å²) < 4.78 is 4.74. The van der Waals surface area contributed by atoms with Crippen LogP contribution in [0.15, 0.2) is 11.3 Å². The molecular formula is C7H6O4. The molecule has 1 aliphatic carbocycles. The molecular weight excluding hydrogens is 148 g/mol. The Morgan fingerprint density at radius 3 is 2.45 bits per heavy atom. The number of carbonyl (C=O) groups is 2. The van der Waals surface area contributed by atoms with Crippen LogP contribution in [0.4, 0.5) is 0 Å². The zero-order chi connectivity index (χ0) is 8.17. The van der Waals surface area contributed by atoms with Crippen LogP contribution in [0.2, 0.25) is 0 Å². The van der Waals surface area contributed by atoms with E-state index in [1.165, 1.54) is 6.92 Å². The largest absolute Gasteiger partial charge is 0.504 e. The van der Waals surface area contributed by atoms with E-state index in [2.05, 4.69) is 0 Å². The summed E-state index contributed by atoms with van der Waals surface area (Å²) in [5, 5.41) is 9.04. The fourth-order valence-corrected chi connectivity index (χ4v) is 1.16. The summed E-state index contributed by atoms with van der Waals surface area (Å²) in [6.07, 6.45) is -1.29. The monoisotopic (exact) mass is 154 g/mol. The van der Waals surface area contributed by atoms with Crippen molar-refractivity contribution in [3.8, 4) is 0 Å². The van der Waals surface area contributed by atoms with Crippen LogP contribution >= 0.6 is 0 Å². The van der Waals surface area contributed by atoms with Gasteiger partial charge >= 0.3 is 0 Å².